The average molecular weight is 147 g/mol. The van der Waals surface area contributed by atoms with E-state index in [9.17, 15) is 10.0 Å². The fourth-order valence-electron chi connectivity index (χ4n) is 1.16. The molecular weight excluding hydrogens is 138 g/mol. The summed E-state index contributed by atoms with van der Waals surface area (Å²) in [5.41, 5.74) is 0. The van der Waals surface area contributed by atoms with Gasteiger partial charge in [0.2, 0.25) is 6.04 Å². The zero-order valence-electron chi connectivity index (χ0n) is 5.36. The van der Waals surface area contributed by atoms with Gasteiger partial charge in [-0.2, -0.15) is 0 Å². The van der Waals surface area contributed by atoms with E-state index in [0.29, 0.717) is 6.42 Å². The van der Waals surface area contributed by atoms with Crippen LogP contribution in [0.4, 0.5) is 0 Å². The highest BCUT2D eigenvalue weighted by Crippen LogP contribution is 2.22. The highest BCUT2D eigenvalue weighted by atomic mass is 16.8. The number of hydroxylamine groups is 4. The van der Waals surface area contributed by atoms with Crippen LogP contribution < -0.4 is 0 Å². The Morgan fingerprint density at radius 3 is 2.50 bits per heavy atom. The molecule has 1 saturated heterocycles. The number of aliphatic carboxylic acids is 1. The van der Waals surface area contributed by atoms with E-state index in [1.165, 1.54) is 0 Å². The number of hydrogen-bond acceptors (Lipinski definition) is 3. The van der Waals surface area contributed by atoms with E-state index in [0.717, 1.165) is 0 Å². The predicted molar refractivity (Wildman–Crippen MR) is 30.9 cm³/mol. The van der Waals surface area contributed by atoms with Crippen molar-refractivity contribution in [3.05, 3.63) is 5.21 Å². The van der Waals surface area contributed by atoms with Gasteiger partial charge in [-0.15, -0.1) is 0 Å². The molecule has 58 valence electrons. The lowest BCUT2D eigenvalue weighted by Gasteiger charge is -2.32. The number of hydrogen-bond donors (Lipinski definition) is 2. The summed E-state index contributed by atoms with van der Waals surface area (Å²) in [5.74, 6) is -1.21. The van der Waals surface area contributed by atoms with E-state index >= 15 is 0 Å². The SMILES string of the molecule is O=C(O)C1CCC[N+]1([O-])O. The van der Waals surface area contributed by atoms with E-state index in [2.05, 4.69) is 0 Å². The number of nitrogens with zero attached hydrogens (tertiary/aromatic N) is 1. The summed E-state index contributed by atoms with van der Waals surface area (Å²) in [6, 6.07) is -1.17. The molecule has 0 aromatic carbocycles. The van der Waals surface area contributed by atoms with Gasteiger partial charge in [0.25, 0.3) is 0 Å². The Bertz CT molecular complexity index is 156. The maximum atomic E-state index is 10.8. The molecule has 1 aliphatic rings. The van der Waals surface area contributed by atoms with Gasteiger partial charge in [0.05, 0.1) is 0 Å². The van der Waals surface area contributed by atoms with Gasteiger partial charge >= 0.3 is 5.97 Å². The summed E-state index contributed by atoms with van der Waals surface area (Å²) in [6.45, 7) is -0.00301. The molecule has 1 heterocycles. The molecule has 1 aliphatic heterocycles. The second-order valence-electron chi connectivity index (χ2n) is 2.48. The van der Waals surface area contributed by atoms with Crippen LogP contribution >= 0.6 is 0 Å². The van der Waals surface area contributed by atoms with Crippen LogP contribution in [0.5, 0.6) is 0 Å². The normalized spacial score (nSPS) is 40.0. The Balaban J connectivity index is 2.68. The van der Waals surface area contributed by atoms with Gasteiger partial charge in [-0.1, -0.05) is 0 Å². The average Bonchev–Trinajstić information content (AvgIpc) is 2.08. The first-order valence-corrected chi connectivity index (χ1v) is 3.08. The topological polar surface area (TPSA) is 80.6 Å². The van der Waals surface area contributed by atoms with E-state index in [1.54, 1.807) is 0 Å². The number of quaternary nitrogens is 1. The smallest absolute Gasteiger partial charge is 0.365 e. The third-order valence-electron chi connectivity index (χ3n) is 1.73. The van der Waals surface area contributed by atoms with Gasteiger partial charge in [-0.3, -0.25) is 0 Å². The van der Waals surface area contributed by atoms with Crippen molar-refractivity contribution in [1.82, 2.24) is 0 Å². The Morgan fingerprint density at radius 2 is 2.30 bits per heavy atom. The molecule has 0 radical (unpaired) electrons. The summed E-state index contributed by atoms with van der Waals surface area (Å²) in [7, 11) is 0. The molecule has 2 unspecified atom stereocenters. The molecule has 2 N–H and O–H groups in total. The fraction of sp³-hybridized carbons (Fsp3) is 0.800. The van der Waals surface area contributed by atoms with Crippen molar-refractivity contribution in [2.75, 3.05) is 6.54 Å². The number of carbonyl (C=O) groups is 1. The van der Waals surface area contributed by atoms with Crippen molar-refractivity contribution >= 4 is 5.97 Å². The highest BCUT2D eigenvalue weighted by Gasteiger charge is 2.39. The van der Waals surface area contributed by atoms with E-state index < -0.39 is 16.8 Å². The Labute approximate surface area is 57.6 Å². The molecule has 2 atom stereocenters. The summed E-state index contributed by atoms with van der Waals surface area (Å²) < 4.78 is 0. The van der Waals surface area contributed by atoms with Crippen molar-refractivity contribution in [1.29, 1.82) is 0 Å². The van der Waals surface area contributed by atoms with Crippen molar-refractivity contribution in [3.8, 4) is 0 Å². The number of carboxylic acids is 1. The van der Waals surface area contributed by atoms with E-state index in [4.69, 9.17) is 10.3 Å². The second kappa shape index (κ2) is 2.19. The Kier molecular flexibility index (Phi) is 1.63. The van der Waals surface area contributed by atoms with Gasteiger partial charge in [0.15, 0.2) is 0 Å². The number of rotatable bonds is 1. The minimum atomic E-state index is -1.60. The maximum absolute atomic E-state index is 10.8. The van der Waals surface area contributed by atoms with E-state index in [-0.39, 0.29) is 13.0 Å². The first-order valence-electron chi connectivity index (χ1n) is 3.08. The molecule has 0 aromatic heterocycles. The molecule has 0 saturated carbocycles. The molecule has 0 bridgehead atoms. The molecule has 1 rings (SSSR count). The fourth-order valence-corrected chi connectivity index (χ4v) is 1.16. The van der Waals surface area contributed by atoms with Gasteiger partial charge in [0.1, 0.15) is 6.54 Å². The molecule has 5 heteroatoms. The first kappa shape index (κ1) is 7.46. The molecule has 0 aliphatic carbocycles. The lowest BCUT2D eigenvalue weighted by Crippen LogP contribution is -2.47. The van der Waals surface area contributed by atoms with Crippen LogP contribution in [0.1, 0.15) is 12.8 Å². The summed E-state index contributed by atoms with van der Waals surface area (Å²) in [4.78, 5) is 8.64. The lowest BCUT2D eigenvalue weighted by atomic mass is 10.2. The van der Waals surface area contributed by atoms with Crippen LogP contribution in [-0.4, -0.2) is 33.7 Å². The Morgan fingerprint density at radius 1 is 1.70 bits per heavy atom. The summed E-state index contributed by atoms with van der Waals surface area (Å²) in [6.07, 6.45) is 0.756. The van der Waals surface area contributed by atoms with Crippen molar-refractivity contribution in [2.24, 2.45) is 0 Å². The molecule has 5 nitrogen and oxygen atoms in total. The first-order chi connectivity index (χ1) is 4.54. The molecule has 0 spiro atoms. The van der Waals surface area contributed by atoms with Crippen LogP contribution in [0.3, 0.4) is 0 Å². The van der Waals surface area contributed by atoms with E-state index in [1.807, 2.05) is 0 Å². The largest absolute Gasteiger partial charge is 0.598 e. The van der Waals surface area contributed by atoms with Gasteiger partial charge in [-0.05, 0) is 0 Å². The zero-order valence-corrected chi connectivity index (χ0v) is 5.36. The molecule has 10 heavy (non-hydrogen) atoms. The van der Waals surface area contributed by atoms with Gasteiger partial charge in [0, 0.05) is 12.8 Å². The highest BCUT2D eigenvalue weighted by molar-refractivity contribution is 5.72. The zero-order chi connectivity index (χ0) is 7.78. The van der Waals surface area contributed by atoms with Crippen LogP contribution in [0.15, 0.2) is 0 Å². The summed E-state index contributed by atoms with van der Waals surface area (Å²) in [5, 5.41) is 28.0. The van der Waals surface area contributed by atoms with Crippen molar-refractivity contribution in [3.63, 3.8) is 0 Å². The standard InChI is InChI=1S/C5H9NO4/c7-5(8)4-2-1-3-6(4,9)10/h4,9H,1-3H2,(H,7,8). The molecular formula is C5H9NO4. The van der Waals surface area contributed by atoms with Gasteiger partial charge in [-0.25, -0.2) is 14.8 Å². The third kappa shape index (κ3) is 1.11. The van der Waals surface area contributed by atoms with Crippen LogP contribution in [0, 0.1) is 5.21 Å². The molecule has 0 amide bonds. The summed E-state index contributed by atoms with van der Waals surface area (Å²) >= 11 is 0. The molecule has 0 aromatic rings. The van der Waals surface area contributed by atoms with Crippen LogP contribution in [0.2, 0.25) is 0 Å². The second-order valence-corrected chi connectivity index (χ2v) is 2.48. The van der Waals surface area contributed by atoms with Crippen LogP contribution in [0.25, 0.3) is 0 Å². The quantitative estimate of drug-likeness (QED) is 0.402. The lowest BCUT2D eigenvalue weighted by molar-refractivity contribution is -1.07. The maximum Gasteiger partial charge on any atom is 0.365 e. The predicted octanol–water partition coefficient (Wildman–Crippen LogP) is -0.0628. The van der Waals surface area contributed by atoms with Crippen molar-refractivity contribution < 1.29 is 19.9 Å². The Hall–Kier alpha value is -0.650. The number of carboxylic acid groups (broad SMARTS) is 1. The monoisotopic (exact) mass is 147 g/mol. The minimum absolute atomic E-state index is 0.00301. The van der Waals surface area contributed by atoms with Crippen LogP contribution in [-0.2, 0) is 4.79 Å². The molecule has 1 fully saturated rings. The van der Waals surface area contributed by atoms with Crippen molar-refractivity contribution in [2.45, 2.75) is 18.9 Å². The minimum Gasteiger partial charge on any atom is -0.598 e. The third-order valence-corrected chi connectivity index (χ3v) is 1.73. The van der Waals surface area contributed by atoms with Gasteiger partial charge < -0.3 is 10.3 Å².